The zero-order valence-corrected chi connectivity index (χ0v) is 13.1. The average molecular weight is 329 g/mol. The van der Waals surface area contributed by atoms with Crippen molar-refractivity contribution in [2.24, 2.45) is 5.92 Å². The van der Waals surface area contributed by atoms with E-state index in [-0.39, 0.29) is 0 Å². The van der Waals surface area contributed by atoms with Gasteiger partial charge in [0, 0.05) is 10.9 Å². The van der Waals surface area contributed by atoms with Gasteiger partial charge in [-0.25, -0.2) is 4.98 Å². The van der Waals surface area contributed by atoms with Crippen molar-refractivity contribution in [2.75, 3.05) is 12.3 Å². The summed E-state index contributed by atoms with van der Waals surface area (Å²) in [6, 6.07) is 3.63. The summed E-state index contributed by atoms with van der Waals surface area (Å²) in [5.74, 6) is 1.20. The van der Waals surface area contributed by atoms with Gasteiger partial charge in [-0.05, 0) is 30.9 Å². The highest BCUT2D eigenvalue weighted by atomic mass is 35.5. The minimum Gasteiger partial charge on any atom is -0.490 e. The van der Waals surface area contributed by atoms with Crippen LogP contribution in [0.2, 0.25) is 10.0 Å². The molecule has 1 aliphatic carbocycles. The number of nitrogen functional groups attached to an aromatic ring is 1. The van der Waals surface area contributed by atoms with E-state index in [1.54, 1.807) is 0 Å². The molecular formula is C14H14Cl2N2OS. The van der Waals surface area contributed by atoms with Gasteiger partial charge < -0.3 is 10.5 Å². The molecule has 0 saturated heterocycles. The van der Waals surface area contributed by atoms with Crippen molar-refractivity contribution in [3.05, 3.63) is 27.6 Å². The lowest BCUT2D eigenvalue weighted by Gasteiger charge is -2.25. The van der Waals surface area contributed by atoms with E-state index in [2.05, 4.69) is 4.98 Å². The number of ether oxygens (including phenoxy) is 1. The van der Waals surface area contributed by atoms with Crippen LogP contribution in [0.4, 0.5) is 5.13 Å². The fourth-order valence-electron chi connectivity index (χ4n) is 2.13. The van der Waals surface area contributed by atoms with Crippen LogP contribution >= 0.6 is 34.5 Å². The minimum absolute atomic E-state index is 0.512. The Morgan fingerprint density at radius 2 is 2.00 bits per heavy atom. The highest BCUT2D eigenvalue weighted by molar-refractivity contribution is 7.13. The molecule has 106 valence electrons. The van der Waals surface area contributed by atoms with Crippen LogP contribution in [0, 0.1) is 5.92 Å². The van der Waals surface area contributed by atoms with Crippen molar-refractivity contribution in [2.45, 2.75) is 19.3 Å². The molecule has 0 aliphatic heterocycles. The molecule has 2 N–H and O–H groups in total. The smallest absolute Gasteiger partial charge is 0.180 e. The fourth-order valence-corrected chi connectivity index (χ4v) is 3.29. The minimum atomic E-state index is 0.512. The van der Waals surface area contributed by atoms with Crippen LogP contribution in [-0.4, -0.2) is 11.6 Å². The van der Waals surface area contributed by atoms with Crippen LogP contribution in [0.15, 0.2) is 17.5 Å². The van der Waals surface area contributed by atoms with E-state index in [1.807, 2.05) is 17.5 Å². The number of nitrogens with two attached hydrogens (primary N) is 1. The third kappa shape index (κ3) is 2.87. The molecule has 0 bridgehead atoms. The number of halogens is 2. The molecular weight excluding hydrogens is 315 g/mol. The van der Waals surface area contributed by atoms with Gasteiger partial charge in [-0.15, -0.1) is 11.3 Å². The van der Waals surface area contributed by atoms with E-state index in [0.29, 0.717) is 33.5 Å². The summed E-state index contributed by atoms with van der Waals surface area (Å²) in [7, 11) is 0. The lowest BCUT2D eigenvalue weighted by Crippen LogP contribution is -2.19. The molecule has 20 heavy (non-hydrogen) atoms. The maximum Gasteiger partial charge on any atom is 0.180 e. The summed E-state index contributed by atoms with van der Waals surface area (Å²) in [5, 5.41) is 3.43. The van der Waals surface area contributed by atoms with Crippen LogP contribution < -0.4 is 10.5 Å². The SMILES string of the molecule is Nc1nc(-c2cc(Cl)c(OCC3CCC3)c(Cl)c2)cs1. The van der Waals surface area contributed by atoms with E-state index >= 15 is 0 Å². The molecule has 0 amide bonds. The van der Waals surface area contributed by atoms with Crippen molar-refractivity contribution >= 4 is 39.7 Å². The number of aromatic nitrogens is 1. The third-order valence-corrected chi connectivity index (χ3v) is 4.74. The number of anilines is 1. The second kappa shape index (κ2) is 5.80. The van der Waals surface area contributed by atoms with Gasteiger partial charge in [0.2, 0.25) is 0 Å². The summed E-state index contributed by atoms with van der Waals surface area (Å²) >= 11 is 13.9. The van der Waals surface area contributed by atoms with Gasteiger partial charge in [-0.3, -0.25) is 0 Å². The Morgan fingerprint density at radius 3 is 2.50 bits per heavy atom. The van der Waals surface area contributed by atoms with Gasteiger partial charge in [-0.2, -0.15) is 0 Å². The first kappa shape index (κ1) is 14.0. The summed E-state index contributed by atoms with van der Waals surface area (Å²) in [6.07, 6.45) is 3.75. The summed E-state index contributed by atoms with van der Waals surface area (Å²) in [4.78, 5) is 4.23. The van der Waals surface area contributed by atoms with Gasteiger partial charge in [-0.1, -0.05) is 29.6 Å². The van der Waals surface area contributed by atoms with Gasteiger partial charge in [0.05, 0.1) is 22.3 Å². The van der Waals surface area contributed by atoms with Crippen molar-refractivity contribution in [1.29, 1.82) is 0 Å². The largest absolute Gasteiger partial charge is 0.490 e. The van der Waals surface area contributed by atoms with Crippen LogP contribution in [0.3, 0.4) is 0 Å². The maximum absolute atomic E-state index is 6.27. The number of nitrogens with zero attached hydrogens (tertiary/aromatic N) is 1. The normalized spacial score (nSPS) is 15.1. The van der Waals surface area contributed by atoms with E-state index in [0.717, 1.165) is 11.3 Å². The second-order valence-electron chi connectivity index (χ2n) is 4.95. The van der Waals surface area contributed by atoms with E-state index in [9.17, 15) is 0 Å². The molecule has 0 spiro atoms. The first-order valence-electron chi connectivity index (χ1n) is 6.46. The molecule has 3 nitrogen and oxygen atoms in total. The Hall–Kier alpha value is -0.970. The van der Waals surface area contributed by atoms with Crippen molar-refractivity contribution in [3.8, 4) is 17.0 Å². The molecule has 6 heteroatoms. The Morgan fingerprint density at radius 1 is 1.30 bits per heavy atom. The predicted octanol–water partition coefficient (Wildman–Crippen LogP) is 4.88. The number of thiazole rings is 1. The highest BCUT2D eigenvalue weighted by Crippen LogP contribution is 2.39. The highest BCUT2D eigenvalue weighted by Gasteiger charge is 2.20. The predicted molar refractivity (Wildman–Crippen MR) is 84.8 cm³/mol. The topological polar surface area (TPSA) is 48.1 Å². The zero-order valence-electron chi connectivity index (χ0n) is 10.7. The number of hydrogen-bond acceptors (Lipinski definition) is 4. The van der Waals surface area contributed by atoms with Gasteiger partial charge in [0.25, 0.3) is 0 Å². The molecule has 1 aromatic heterocycles. The van der Waals surface area contributed by atoms with Crippen LogP contribution in [0.1, 0.15) is 19.3 Å². The lowest BCUT2D eigenvalue weighted by atomic mass is 9.86. The Labute approximate surface area is 131 Å². The van der Waals surface area contributed by atoms with Gasteiger partial charge >= 0.3 is 0 Å². The van der Waals surface area contributed by atoms with Crippen LogP contribution in [0.25, 0.3) is 11.3 Å². The second-order valence-corrected chi connectivity index (χ2v) is 6.65. The van der Waals surface area contributed by atoms with Crippen molar-refractivity contribution < 1.29 is 4.74 Å². The fraction of sp³-hybridized carbons (Fsp3) is 0.357. The molecule has 1 fully saturated rings. The number of hydrogen-bond donors (Lipinski definition) is 1. The van der Waals surface area contributed by atoms with Crippen LogP contribution in [-0.2, 0) is 0 Å². The summed E-state index contributed by atoms with van der Waals surface area (Å²) < 4.78 is 5.76. The Kier molecular flexibility index (Phi) is 4.06. The Bertz CT molecular complexity index is 602. The average Bonchev–Trinajstić information content (AvgIpc) is 2.77. The van der Waals surface area contributed by atoms with Crippen molar-refractivity contribution in [1.82, 2.24) is 4.98 Å². The molecule has 0 atom stereocenters. The van der Waals surface area contributed by atoms with E-state index in [1.165, 1.54) is 30.6 Å². The van der Waals surface area contributed by atoms with Gasteiger partial charge in [0.15, 0.2) is 10.9 Å². The van der Waals surface area contributed by atoms with E-state index < -0.39 is 0 Å². The zero-order chi connectivity index (χ0) is 14.1. The first-order chi connectivity index (χ1) is 9.63. The monoisotopic (exact) mass is 328 g/mol. The molecule has 1 heterocycles. The molecule has 0 radical (unpaired) electrons. The molecule has 1 aromatic carbocycles. The quantitative estimate of drug-likeness (QED) is 0.870. The van der Waals surface area contributed by atoms with Crippen molar-refractivity contribution in [3.63, 3.8) is 0 Å². The number of benzene rings is 1. The summed E-state index contributed by atoms with van der Waals surface area (Å²) in [5.41, 5.74) is 7.27. The summed E-state index contributed by atoms with van der Waals surface area (Å²) in [6.45, 7) is 0.683. The first-order valence-corrected chi connectivity index (χ1v) is 8.10. The molecule has 2 aromatic rings. The molecule has 0 unspecified atom stereocenters. The lowest BCUT2D eigenvalue weighted by molar-refractivity contribution is 0.181. The molecule has 1 aliphatic rings. The van der Waals surface area contributed by atoms with Gasteiger partial charge in [0.1, 0.15) is 0 Å². The third-order valence-electron chi connectivity index (χ3n) is 3.50. The Balaban J connectivity index is 1.82. The van der Waals surface area contributed by atoms with E-state index in [4.69, 9.17) is 33.7 Å². The standard InChI is InChI=1S/C14H14Cl2N2OS/c15-10-4-9(12-7-20-14(17)18-12)5-11(16)13(10)19-6-8-2-1-3-8/h4-5,7-8H,1-3,6H2,(H2,17,18). The molecule has 3 rings (SSSR count). The molecule has 1 saturated carbocycles. The number of rotatable bonds is 4. The maximum atomic E-state index is 6.27. The van der Waals surface area contributed by atoms with Crippen LogP contribution in [0.5, 0.6) is 5.75 Å².